The second kappa shape index (κ2) is 10.9. The Hall–Kier alpha value is -2.67. The number of aromatic nitrogens is 1. The fourth-order valence-electron chi connectivity index (χ4n) is 2.71. The molecule has 1 N–H and O–H groups in total. The Morgan fingerprint density at radius 3 is 2.57 bits per heavy atom. The number of pyridine rings is 1. The van der Waals surface area contributed by atoms with Crippen LogP contribution < -0.4 is 5.32 Å². The van der Waals surface area contributed by atoms with Crippen molar-refractivity contribution in [3.05, 3.63) is 47.5 Å². The molecule has 0 bridgehead atoms. The Morgan fingerprint density at radius 1 is 1.27 bits per heavy atom. The summed E-state index contributed by atoms with van der Waals surface area (Å²) in [6, 6.07) is 3.71. The molecule has 0 spiro atoms. The van der Waals surface area contributed by atoms with Gasteiger partial charge in [-0.05, 0) is 49.9 Å². The maximum atomic E-state index is 12.9. The molecule has 1 saturated carbocycles. The summed E-state index contributed by atoms with van der Waals surface area (Å²) in [6.07, 6.45) is 3.23. The van der Waals surface area contributed by atoms with Gasteiger partial charge in [-0.3, -0.25) is 4.79 Å². The summed E-state index contributed by atoms with van der Waals surface area (Å²) >= 11 is 0. The van der Waals surface area contributed by atoms with Crippen molar-refractivity contribution < 1.29 is 23.8 Å². The Labute approximate surface area is 178 Å². The summed E-state index contributed by atoms with van der Waals surface area (Å²) in [6.45, 7) is 12.1. The summed E-state index contributed by atoms with van der Waals surface area (Å²) < 4.78 is 15.6. The lowest BCUT2D eigenvalue weighted by atomic mass is 10.0. The van der Waals surface area contributed by atoms with Crippen LogP contribution in [0.25, 0.3) is 5.57 Å². The van der Waals surface area contributed by atoms with Gasteiger partial charge in [0.1, 0.15) is 5.76 Å². The molecule has 164 valence electrons. The van der Waals surface area contributed by atoms with Crippen molar-refractivity contribution in [3.63, 3.8) is 0 Å². The first kappa shape index (κ1) is 23.6. The van der Waals surface area contributed by atoms with Gasteiger partial charge in [-0.25, -0.2) is 9.78 Å². The van der Waals surface area contributed by atoms with Gasteiger partial charge in [-0.2, -0.15) is 0 Å². The van der Waals surface area contributed by atoms with Gasteiger partial charge in [-0.15, -0.1) is 0 Å². The zero-order valence-corrected chi connectivity index (χ0v) is 18.5. The van der Waals surface area contributed by atoms with Gasteiger partial charge in [0.15, 0.2) is 5.69 Å². The molecule has 1 aromatic rings. The lowest BCUT2D eigenvalue weighted by Crippen LogP contribution is -2.25. The minimum Gasteiger partial charge on any atom is -0.497 e. The van der Waals surface area contributed by atoms with E-state index in [4.69, 9.17) is 14.2 Å². The molecule has 2 rings (SSSR count). The third-order valence-corrected chi connectivity index (χ3v) is 4.67. The van der Waals surface area contributed by atoms with Gasteiger partial charge in [0.25, 0.3) is 0 Å². The number of hydrogen-bond donors (Lipinski definition) is 1. The van der Waals surface area contributed by atoms with Crippen molar-refractivity contribution in [1.82, 2.24) is 10.3 Å². The standard InChI is InChI=1S/C23H32N2O5/c1-14(2)22(26)29-17(5)30-23(27)21-20(15(3)11-16(4)28-6)10-9-19(25-21)13-24-12-18-7-8-18/h9-11,14,17-18,24H,4,7-8,12-13H2,1-3,5-6H3/b15-11+. The quantitative estimate of drug-likeness (QED) is 0.254. The summed E-state index contributed by atoms with van der Waals surface area (Å²) in [7, 11) is 1.53. The second-order valence-corrected chi connectivity index (χ2v) is 7.84. The van der Waals surface area contributed by atoms with E-state index in [1.807, 2.05) is 19.1 Å². The van der Waals surface area contributed by atoms with Crippen LogP contribution in [0.1, 0.15) is 62.3 Å². The van der Waals surface area contributed by atoms with E-state index in [1.54, 1.807) is 19.9 Å². The van der Waals surface area contributed by atoms with E-state index in [9.17, 15) is 9.59 Å². The lowest BCUT2D eigenvalue weighted by molar-refractivity contribution is -0.169. The lowest BCUT2D eigenvalue weighted by Gasteiger charge is -2.17. The van der Waals surface area contributed by atoms with E-state index >= 15 is 0 Å². The smallest absolute Gasteiger partial charge is 0.360 e. The van der Waals surface area contributed by atoms with Crippen molar-refractivity contribution in [2.24, 2.45) is 11.8 Å². The van der Waals surface area contributed by atoms with Crippen molar-refractivity contribution in [2.75, 3.05) is 13.7 Å². The number of esters is 2. The monoisotopic (exact) mass is 416 g/mol. The average Bonchev–Trinajstić information content (AvgIpc) is 3.51. The van der Waals surface area contributed by atoms with Crippen LogP contribution in [0.5, 0.6) is 0 Å². The zero-order chi connectivity index (χ0) is 22.3. The van der Waals surface area contributed by atoms with Gasteiger partial charge in [0.05, 0.1) is 18.7 Å². The molecule has 1 unspecified atom stereocenters. The number of rotatable bonds is 11. The number of methoxy groups -OCH3 is 1. The van der Waals surface area contributed by atoms with Gasteiger partial charge < -0.3 is 19.5 Å². The van der Waals surface area contributed by atoms with Crippen LogP contribution >= 0.6 is 0 Å². The molecule has 1 atom stereocenters. The van der Waals surface area contributed by atoms with E-state index in [0.717, 1.165) is 23.7 Å². The molecule has 0 aromatic carbocycles. The van der Waals surface area contributed by atoms with Crippen molar-refractivity contribution in [2.45, 2.75) is 53.4 Å². The summed E-state index contributed by atoms with van der Waals surface area (Å²) in [4.78, 5) is 29.1. The maximum Gasteiger partial charge on any atom is 0.360 e. The van der Waals surface area contributed by atoms with Gasteiger partial charge in [0, 0.05) is 19.0 Å². The molecule has 7 nitrogen and oxygen atoms in total. The van der Waals surface area contributed by atoms with E-state index in [0.29, 0.717) is 17.9 Å². The van der Waals surface area contributed by atoms with Crippen LogP contribution in [0.4, 0.5) is 0 Å². The third kappa shape index (κ3) is 7.30. The predicted octanol–water partition coefficient (Wildman–Crippen LogP) is 3.85. The minimum absolute atomic E-state index is 0.158. The first-order chi connectivity index (χ1) is 14.2. The summed E-state index contributed by atoms with van der Waals surface area (Å²) in [5.74, 6) is -0.203. The molecule has 0 aliphatic heterocycles. The minimum atomic E-state index is -1.02. The van der Waals surface area contributed by atoms with Crippen LogP contribution in [0.15, 0.2) is 30.5 Å². The molecule has 1 aliphatic rings. The molecular formula is C23H32N2O5. The van der Waals surface area contributed by atoms with E-state index in [2.05, 4.69) is 16.9 Å². The number of nitrogens with zero attached hydrogens (tertiary/aromatic N) is 1. The van der Waals surface area contributed by atoms with E-state index in [-0.39, 0.29) is 11.6 Å². The van der Waals surface area contributed by atoms with Crippen LogP contribution in [0.3, 0.4) is 0 Å². The van der Waals surface area contributed by atoms with Gasteiger partial charge in [0.2, 0.25) is 6.29 Å². The van der Waals surface area contributed by atoms with Crippen molar-refractivity contribution in [1.29, 1.82) is 0 Å². The molecule has 0 radical (unpaired) electrons. The fourth-order valence-corrected chi connectivity index (χ4v) is 2.71. The molecule has 1 heterocycles. The van der Waals surface area contributed by atoms with Crippen LogP contribution in [0.2, 0.25) is 0 Å². The number of carbonyl (C=O) groups excluding carboxylic acids is 2. The molecule has 0 saturated heterocycles. The first-order valence-electron chi connectivity index (χ1n) is 10.2. The molecular weight excluding hydrogens is 384 g/mol. The van der Waals surface area contributed by atoms with Gasteiger partial charge >= 0.3 is 11.9 Å². The molecule has 1 fully saturated rings. The third-order valence-electron chi connectivity index (χ3n) is 4.67. The van der Waals surface area contributed by atoms with Crippen LogP contribution in [-0.4, -0.2) is 36.9 Å². The number of carbonyl (C=O) groups is 2. The molecule has 1 aromatic heterocycles. The normalized spacial score (nSPS) is 14.9. The van der Waals surface area contributed by atoms with Crippen molar-refractivity contribution >= 4 is 17.5 Å². The number of nitrogens with one attached hydrogen (secondary N) is 1. The molecule has 0 amide bonds. The average molecular weight is 417 g/mol. The Kier molecular flexibility index (Phi) is 8.59. The summed E-state index contributed by atoms with van der Waals surface area (Å²) in [5.41, 5.74) is 2.25. The Bertz CT molecular complexity index is 812. The zero-order valence-electron chi connectivity index (χ0n) is 18.5. The highest BCUT2D eigenvalue weighted by Crippen LogP contribution is 2.27. The topological polar surface area (TPSA) is 86.8 Å². The van der Waals surface area contributed by atoms with E-state index in [1.165, 1.54) is 26.9 Å². The van der Waals surface area contributed by atoms with E-state index < -0.39 is 18.2 Å². The Balaban J connectivity index is 2.21. The van der Waals surface area contributed by atoms with Crippen LogP contribution in [-0.2, 0) is 25.5 Å². The van der Waals surface area contributed by atoms with Gasteiger partial charge in [-0.1, -0.05) is 26.5 Å². The highest BCUT2D eigenvalue weighted by molar-refractivity contribution is 5.93. The number of hydrogen-bond acceptors (Lipinski definition) is 7. The first-order valence-corrected chi connectivity index (χ1v) is 10.2. The second-order valence-electron chi connectivity index (χ2n) is 7.84. The Morgan fingerprint density at radius 2 is 1.97 bits per heavy atom. The maximum absolute atomic E-state index is 12.9. The fraction of sp³-hybridized carbons (Fsp3) is 0.522. The number of allylic oxidation sites excluding steroid dienone is 2. The molecule has 30 heavy (non-hydrogen) atoms. The summed E-state index contributed by atoms with van der Waals surface area (Å²) in [5, 5.41) is 3.37. The highest BCUT2D eigenvalue weighted by Gasteiger charge is 2.23. The molecule has 1 aliphatic carbocycles. The largest absolute Gasteiger partial charge is 0.497 e. The number of ether oxygens (including phenoxy) is 3. The highest BCUT2D eigenvalue weighted by atomic mass is 16.7. The van der Waals surface area contributed by atoms with Crippen molar-refractivity contribution in [3.8, 4) is 0 Å². The molecule has 7 heteroatoms. The van der Waals surface area contributed by atoms with Crippen LogP contribution in [0, 0.1) is 11.8 Å². The SMILES string of the molecule is C=C(/C=C(\C)c1ccc(CNCC2CC2)nc1C(=O)OC(C)OC(=O)C(C)C)OC. The predicted molar refractivity (Wildman–Crippen MR) is 114 cm³/mol.